The van der Waals surface area contributed by atoms with Crippen LogP contribution in [0.5, 0.6) is 11.6 Å². The molecule has 1 atom stereocenters. The highest BCUT2D eigenvalue weighted by Gasteiger charge is 2.13. The summed E-state index contributed by atoms with van der Waals surface area (Å²) in [5, 5.41) is 3.30. The van der Waals surface area contributed by atoms with E-state index in [-0.39, 0.29) is 6.04 Å². The Morgan fingerprint density at radius 2 is 1.75 bits per heavy atom. The van der Waals surface area contributed by atoms with Crippen LogP contribution in [0.3, 0.4) is 0 Å². The molecule has 0 fully saturated rings. The Morgan fingerprint density at radius 1 is 1.04 bits per heavy atom. The zero-order valence-corrected chi connectivity index (χ0v) is 14.7. The molecule has 0 saturated heterocycles. The van der Waals surface area contributed by atoms with Crippen molar-refractivity contribution in [1.82, 2.24) is 9.97 Å². The zero-order chi connectivity index (χ0) is 16.9. The second-order valence-electron chi connectivity index (χ2n) is 5.27. The van der Waals surface area contributed by atoms with Crippen LogP contribution in [0, 0.1) is 0 Å². The molecule has 0 spiro atoms. The van der Waals surface area contributed by atoms with Crippen LogP contribution >= 0.6 is 15.9 Å². The molecule has 0 aliphatic rings. The zero-order valence-electron chi connectivity index (χ0n) is 13.1. The van der Waals surface area contributed by atoms with Gasteiger partial charge in [-0.25, -0.2) is 4.98 Å². The fraction of sp³-hybridized carbons (Fsp3) is 0.111. The van der Waals surface area contributed by atoms with Crippen LogP contribution in [0.1, 0.15) is 18.5 Å². The summed E-state index contributed by atoms with van der Waals surface area (Å²) >= 11 is 3.39. The Kier molecular flexibility index (Phi) is 4.96. The molecule has 24 heavy (non-hydrogen) atoms. The van der Waals surface area contributed by atoms with Gasteiger partial charge in [0.05, 0.1) is 6.04 Å². The third-order valence-electron chi connectivity index (χ3n) is 3.53. The highest BCUT2D eigenvalue weighted by molar-refractivity contribution is 9.10. The summed E-state index contributed by atoms with van der Waals surface area (Å²) in [6, 6.07) is 17.6. The minimum Gasteiger partial charge on any atom is -0.437 e. The van der Waals surface area contributed by atoms with Gasteiger partial charge in [0, 0.05) is 4.47 Å². The Morgan fingerprint density at radius 3 is 2.46 bits per heavy atom. The Labute approximate surface area is 149 Å². The molecule has 0 aliphatic carbocycles. The number of nitrogens with one attached hydrogen (secondary N) is 1. The summed E-state index contributed by atoms with van der Waals surface area (Å²) in [5.41, 5.74) is 7.69. The van der Waals surface area contributed by atoms with E-state index in [0.717, 1.165) is 10.0 Å². The maximum absolute atomic E-state index is 6.17. The van der Waals surface area contributed by atoms with Crippen molar-refractivity contribution >= 4 is 27.4 Å². The van der Waals surface area contributed by atoms with Gasteiger partial charge in [0.15, 0.2) is 5.82 Å². The normalized spacial score (nSPS) is 11.8. The second kappa shape index (κ2) is 7.31. The molecule has 0 bridgehead atoms. The van der Waals surface area contributed by atoms with E-state index in [1.807, 2.05) is 61.5 Å². The number of aromatic nitrogens is 2. The number of hydrogen-bond donors (Lipinski definition) is 2. The van der Waals surface area contributed by atoms with Crippen LogP contribution in [0.25, 0.3) is 0 Å². The number of hydrogen-bond acceptors (Lipinski definition) is 5. The maximum Gasteiger partial charge on any atom is 0.248 e. The second-order valence-corrected chi connectivity index (χ2v) is 6.19. The van der Waals surface area contributed by atoms with Gasteiger partial charge in [0.2, 0.25) is 5.88 Å². The number of rotatable bonds is 5. The number of nitrogen functional groups attached to an aromatic ring is 1. The van der Waals surface area contributed by atoms with Crippen molar-refractivity contribution in [2.45, 2.75) is 13.0 Å². The van der Waals surface area contributed by atoms with E-state index in [9.17, 15) is 0 Å². The van der Waals surface area contributed by atoms with Crippen LogP contribution in [0.4, 0.5) is 11.5 Å². The van der Waals surface area contributed by atoms with Crippen LogP contribution in [-0.2, 0) is 0 Å². The van der Waals surface area contributed by atoms with E-state index in [4.69, 9.17) is 10.5 Å². The van der Waals surface area contributed by atoms with E-state index >= 15 is 0 Å². The van der Waals surface area contributed by atoms with Crippen molar-refractivity contribution in [2.75, 3.05) is 11.1 Å². The summed E-state index contributed by atoms with van der Waals surface area (Å²) in [4.78, 5) is 8.35. The van der Waals surface area contributed by atoms with Crippen LogP contribution in [0.15, 0.2) is 65.4 Å². The molecule has 1 heterocycles. The van der Waals surface area contributed by atoms with Gasteiger partial charge in [-0.05, 0) is 36.8 Å². The van der Waals surface area contributed by atoms with E-state index < -0.39 is 0 Å². The van der Waals surface area contributed by atoms with Crippen molar-refractivity contribution in [1.29, 1.82) is 0 Å². The van der Waals surface area contributed by atoms with Gasteiger partial charge in [-0.2, -0.15) is 4.98 Å². The molecule has 3 aromatic rings. The Balaban J connectivity index is 1.79. The van der Waals surface area contributed by atoms with E-state index in [1.165, 1.54) is 6.33 Å². The maximum atomic E-state index is 6.17. The van der Waals surface area contributed by atoms with Gasteiger partial charge >= 0.3 is 0 Å². The summed E-state index contributed by atoms with van der Waals surface area (Å²) < 4.78 is 6.73. The van der Waals surface area contributed by atoms with E-state index in [0.29, 0.717) is 23.1 Å². The fourth-order valence-corrected chi connectivity index (χ4v) is 2.48. The number of ether oxygens (including phenoxy) is 1. The molecule has 5 nitrogen and oxygen atoms in total. The predicted octanol–water partition coefficient (Wildman–Crippen LogP) is 4.79. The molecular weight excluding hydrogens is 368 g/mol. The van der Waals surface area contributed by atoms with Crippen molar-refractivity contribution < 1.29 is 4.74 Å². The lowest BCUT2D eigenvalue weighted by Gasteiger charge is -2.17. The van der Waals surface area contributed by atoms with Crippen LogP contribution in [-0.4, -0.2) is 9.97 Å². The van der Waals surface area contributed by atoms with E-state index in [2.05, 4.69) is 31.2 Å². The quantitative estimate of drug-likeness (QED) is 0.661. The molecule has 1 aromatic heterocycles. The minimum absolute atomic E-state index is 0.0592. The number of nitrogens with two attached hydrogens (primary N) is 1. The lowest BCUT2D eigenvalue weighted by Crippen LogP contribution is -2.11. The summed E-state index contributed by atoms with van der Waals surface area (Å²) in [5.74, 6) is 1.54. The molecule has 1 unspecified atom stereocenters. The molecule has 0 radical (unpaired) electrons. The van der Waals surface area contributed by atoms with Crippen LogP contribution < -0.4 is 15.8 Å². The Hall–Kier alpha value is -2.60. The first-order valence-electron chi connectivity index (χ1n) is 7.49. The molecule has 6 heteroatoms. The number of halogens is 1. The third kappa shape index (κ3) is 3.83. The molecule has 3 N–H and O–H groups in total. The van der Waals surface area contributed by atoms with Crippen molar-refractivity contribution in [3.05, 3.63) is 71.0 Å². The molecule has 0 aliphatic heterocycles. The van der Waals surface area contributed by atoms with Gasteiger partial charge in [-0.3, -0.25) is 0 Å². The molecular formula is C18H17BrN4O. The molecule has 122 valence electrons. The lowest BCUT2D eigenvalue weighted by molar-refractivity contribution is 0.464. The minimum atomic E-state index is 0.0592. The lowest BCUT2D eigenvalue weighted by atomic mass is 10.1. The third-order valence-corrected chi connectivity index (χ3v) is 4.06. The summed E-state index contributed by atoms with van der Waals surface area (Å²) in [6.45, 7) is 2.05. The van der Waals surface area contributed by atoms with Crippen molar-refractivity contribution in [3.8, 4) is 11.6 Å². The van der Waals surface area contributed by atoms with Crippen molar-refractivity contribution in [3.63, 3.8) is 0 Å². The smallest absolute Gasteiger partial charge is 0.248 e. The SMILES string of the molecule is CC(Nc1ncnc(Oc2ccc(Br)cc2)c1N)c1ccccc1. The van der Waals surface area contributed by atoms with Gasteiger partial charge in [0.25, 0.3) is 0 Å². The standard InChI is InChI=1S/C18H17BrN4O/c1-12(13-5-3-2-4-6-13)23-17-16(20)18(22-11-21-17)24-15-9-7-14(19)8-10-15/h2-12H,20H2,1H3,(H,21,22,23). The van der Waals surface area contributed by atoms with Gasteiger partial charge < -0.3 is 15.8 Å². The van der Waals surface area contributed by atoms with Crippen molar-refractivity contribution in [2.24, 2.45) is 0 Å². The first-order valence-corrected chi connectivity index (χ1v) is 8.28. The molecule has 0 saturated carbocycles. The number of benzene rings is 2. The summed E-state index contributed by atoms with van der Waals surface area (Å²) in [7, 11) is 0. The fourth-order valence-electron chi connectivity index (χ4n) is 2.22. The highest BCUT2D eigenvalue weighted by atomic mass is 79.9. The average molecular weight is 385 g/mol. The molecule has 3 rings (SSSR count). The number of nitrogens with zero attached hydrogens (tertiary/aromatic N) is 2. The van der Waals surface area contributed by atoms with Gasteiger partial charge in [0.1, 0.15) is 17.8 Å². The predicted molar refractivity (Wildman–Crippen MR) is 99.1 cm³/mol. The van der Waals surface area contributed by atoms with Gasteiger partial charge in [-0.1, -0.05) is 46.3 Å². The first-order chi connectivity index (χ1) is 11.6. The van der Waals surface area contributed by atoms with E-state index in [1.54, 1.807) is 0 Å². The highest BCUT2D eigenvalue weighted by Crippen LogP contribution is 2.31. The van der Waals surface area contributed by atoms with Gasteiger partial charge in [-0.15, -0.1) is 0 Å². The molecule has 2 aromatic carbocycles. The number of anilines is 2. The summed E-state index contributed by atoms with van der Waals surface area (Å²) in [6.07, 6.45) is 1.44. The Bertz CT molecular complexity index is 809. The monoisotopic (exact) mass is 384 g/mol. The topological polar surface area (TPSA) is 73.1 Å². The largest absolute Gasteiger partial charge is 0.437 e. The molecule has 0 amide bonds. The van der Waals surface area contributed by atoms with Crippen LogP contribution in [0.2, 0.25) is 0 Å². The average Bonchev–Trinajstić information content (AvgIpc) is 2.61. The first kappa shape index (κ1) is 16.3.